The highest BCUT2D eigenvalue weighted by atomic mass is 19.1. The van der Waals surface area contributed by atoms with E-state index in [0.717, 1.165) is 44.5 Å². The zero-order valence-electron chi connectivity index (χ0n) is 15.3. The number of primary amides is 1. The number of likely N-dealkylation sites (N-methyl/N-ethyl adjacent to an activating group) is 1. The lowest BCUT2D eigenvalue weighted by atomic mass is 9.95. The quantitative estimate of drug-likeness (QED) is 0.825. The molecule has 2 N–H and O–H groups in total. The van der Waals surface area contributed by atoms with Crippen molar-refractivity contribution < 1.29 is 9.18 Å². The van der Waals surface area contributed by atoms with E-state index in [4.69, 9.17) is 5.73 Å². The van der Waals surface area contributed by atoms with E-state index in [0.29, 0.717) is 17.9 Å². The van der Waals surface area contributed by atoms with Gasteiger partial charge in [0, 0.05) is 25.7 Å². The number of rotatable bonds is 7. The van der Waals surface area contributed by atoms with Gasteiger partial charge in [-0.15, -0.1) is 0 Å². The Labute approximate surface area is 150 Å². The topological polar surface area (TPSA) is 49.6 Å². The summed E-state index contributed by atoms with van der Waals surface area (Å²) < 4.78 is 13.1. The van der Waals surface area contributed by atoms with Gasteiger partial charge in [0.25, 0.3) is 0 Å². The fourth-order valence-corrected chi connectivity index (χ4v) is 4.86. The summed E-state index contributed by atoms with van der Waals surface area (Å²) in [7, 11) is 2.07. The minimum absolute atomic E-state index is 0.153. The predicted molar refractivity (Wildman–Crippen MR) is 97.3 cm³/mol. The Morgan fingerprint density at radius 1 is 1.32 bits per heavy atom. The molecule has 1 heterocycles. The van der Waals surface area contributed by atoms with Gasteiger partial charge in [-0.25, -0.2) is 4.39 Å². The van der Waals surface area contributed by atoms with Crippen molar-refractivity contribution in [1.29, 1.82) is 0 Å². The van der Waals surface area contributed by atoms with Crippen LogP contribution in [-0.4, -0.2) is 47.9 Å². The molecule has 25 heavy (non-hydrogen) atoms. The van der Waals surface area contributed by atoms with Crippen molar-refractivity contribution in [2.75, 3.05) is 20.1 Å². The van der Waals surface area contributed by atoms with Gasteiger partial charge in [-0.05, 0) is 55.8 Å². The normalized spacial score (nSPS) is 27.6. The lowest BCUT2D eigenvalue weighted by Crippen LogP contribution is -2.49. The van der Waals surface area contributed by atoms with E-state index in [1.807, 2.05) is 12.1 Å². The van der Waals surface area contributed by atoms with Crippen molar-refractivity contribution in [3.05, 3.63) is 35.6 Å². The second kappa shape index (κ2) is 7.83. The zero-order chi connectivity index (χ0) is 18.0. The molecule has 3 rings (SSSR count). The third kappa shape index (κ3) is 4.04. The van der Waals surface area contributed by atoms with Crippen molar-refractivity contribution in [2.45, 2.75) is 51.2 Å². The molecule has 0 spiro atoms. The smallest absolute Gasteiger partial charge is 0.234 e. The zero-order valence-corrected chi connectivity index (χ0v) is 15.3. The molecule has 0 bridgehead atoms. The summed E-state index contributed by atoms with van der Waals surface area (Å²) in [5, 5.41) is 0. The first-order valence-electron chi connectivity index (χ1n) is 9.47. The first-order valence-corrected chi connectivity index (χ1v) is 9.47. The first-order chi connectivity index (χ1) is 12.0. The van der Waals surface area contributed by atoms with Crippen LogP contribution in [0.5, 0.6) is 0 Å². The van der Waals surface area contributed by atoms with Crippen molar-refractivity contribution >= 4 is 5.91 Å². The highest BCUT2D eigenvalue weighted by Gasteiger charge is 2.45. The number of carbonyl (C=O) groups is 1. The van der Waals surface area contributed by atoms with Crippen LogP contribution in [0.15, 0.2) is 24.3 Å². The summed E-state index contributed by atoms with van der Waals surface area (Å²) in [6, 6.07) is 7.09. The summed E-state index contributed by atoms with van der Waals surface area (Å²) in [5.74, 6) is 0.915. The predicted octanol–water partition coefficient (Wildman–Crippen LogP) is 2.62. The molecule has 1 aliphatic heterocycles. The number of fused-ring (bicyclic) bond motifs is 1. The summed E-state index contributed by atoms with van der Waals surface area (Å²) in [5.41, 5.74) is 6.81. The van der Waals surface area contributed by atoms with Gasteiger partial charge in [0.05, 0.1) is 6.04 Å². The molecule has 4 nitrogen and oxygen atoms in total. The molecule has 1 aliphatic carbocycles. The van der Waals surface area contributed by atoms with E-state index >= 15 is 0 Å². The molecule has 2 aliphatic rings. The van der Waals surface area contributed by atoms with Crippen molar-refractivity contribution in [1.82, 2.24) is 9.80 Å². The standard InChI is InChI=1S/C20H30FN3O/c1-3-4-19(20(22)25)23(2)18-10-7-15-12-24(13-17(15)18)11-14-5-8-16(21)9-6-14/h5-6,8-9,15,17-19H,3-4,7,10-13H2,1-2H3,(H2,22,25)/t15-,17+,18+,19+/m1/s1. The fourth-order valence-electron chi connectivity index (χ4n) is 4.86. The number of likely N-dealkylation sites (tertiary alicyclic amines) is 1. The number of halogens is 1. The Hall–Kier alpha value is -1.46. The molecule has 1 saturated heterocycles. The van der Waals surface area contributed by atoms with Crippen LogP contribution in [-0.2, 0) is 11.3 Å². The highest BCUT2D eigenvalue weighted by molar-refractivity contribution is 5.79. The molecule has 0 unspecified atom stereocenters. The van der Waals surface area contributed by atoms with Gasteiger partial charge in [-0.3, -0.25) is 14.6 Å². The first kappa shape index (κ1) is 18.3. The molecular weight excluding hydrogens is 317 g/mol. The van der Waals surface area contributed by atoms with E-state index in [1.165, 1.54) is 18.6 Å². The van der Waals surface area contributed by atoms with Crippen LogP contribution in [0.25, 0.3) is 0 Å². The lowest BCUT2D eigenvalue weighted by molar-refractivity contribution is -0.124. The molecule has 1 aromatic rings. The van der Waals surface area contributed by atoms with Crippen LogP contribution in [0.4, 0.5) is 4.39 Å². The van der Waals surface area contributed by atoms with Gasteiger partial charge in [-0.2, -0.15) is 0 Å². The third-order valence-electron chi connectivity index (χ3n) is 6.12. The Kier molecular flexibility index (Phi) is 5.74. The Balaban J connectivity index is 1.62. The highest BCUT2D eigenvalue weighted by Crippen LogP contribution is 2.41. The number of hydrogen-bond donors (Lipinski definition) is 1. The van der Waals surface area contributed by atoms with Crippen molar-refractivity contribution in [3.63, 3.8) is 0 Å². The lowest BCUT2D eigenvalue weighted by Gasteiger charge is -2.34. The summed E-state index contributed by atoms with van der Waals surface area (Å²) in [6.07, 6.45) is 4.18. The van der Waals surface area contributed by atoms with E-state index in [9.17, 15) is 9.18 Å². The minimum Gasteiger partial charge on any atom is -0.368 e. The van der Waals surface area contributed by atoms with Crippen molar-refractivity contribution in [2.24, 2.45) is 17.6 Å². The maximum atomic E-state index is 13.1. The average Bonchev–Trinajstić information content (AvgIpc) is 3.13. The van der Waals surface area contributed by atoms with Gasteiger partial charge in [-0.1, -0.05) is 25.5 Å². The number of benzene rings is 1. The summed E-state index contributed by atoms with van der Waals surface area (Å²) in [4.78, 5) is 16.6. The molecule has 5 heteroatoms. The third-order valence-corrected chi connectivity index (χ3v) is 6.12. The van der Waals surface area contributed by atoms with Crippen LogP contribution in [0.3, 0.4) is 0 Å². The maximum absolute atomic E-state index is 13.1. The van der Waals surface area contributed by atoms with Gasteiger partial charge >= 0.3 is 0 Å². The SMILES string of the molecule is CCC[C@@H](C(N)=O)N(C)[C@H]1CC[C@@H]2CN(Cc3ccc(F)cc3)C[C@@H]21. The van der Waals surface area contributed by atoms with Crippen LogP contribution in [0.1, 0.15) is 38.2 Å². The van der Waals surface area contributed by atoms with E-state index < -0.39 is 0 Å². The molecule has 4 atom stereocenters. The number of nitrogens with zero attached hydrogens (tertiary/aromatic N) is 2. The van der Waals surface area contributed by atoms with Crippen LogP contribution in [0.2, 0.25) is 0 Å². The van der Waals surface area contributed by atoms with Gasteiger partial charge < -0.3 is 5.73 Å². The van der Waals surface area contributed by atoms with Crippen molar-refractivity contribution in [3.8, 4) is 0 Å². The van der Waals surface area contributed by atoms with Crippen LogP contribution < -0.4 is 5.73 Å². The summed E-state index contributed by atoms with van der Waals surface area (Å²) >= 11 is 0. The Morgan fingerprint density at radius 3 is 2.68 bits per heavy atom. The van der Waals surface area contributed by atoms with Gasteiger partial charge in [0.2, 0.25) is 5.91 Å². The maximum Gasteiger partial charge on any atom is 0.234 e. The molecule has 1 aromatic carbocycles. The monoisotopic (exact) mass is 347 g/mol. The molecule has 1 saturated carbocycles. The van der Waals surface area contributed by atoms with Gasteiger partial charge in [0.1, 0.15) is 5.82 Å². The fraction of sp³-hybridized carbons (Fsp3) is 0.650. The average molecular weight is 347 g/mol. The number of carbonyl (C=O) groups excluding carboxylic acids is 1. The second-order valence-electron chi connectivity index (χ2n) is 7.76. The molecule has 0 radical (unpaired) electrons. The number of amides is 1. The molecule has 2 fully saturated rings. The van der Waals surface area contributed by atoms with E-state index in [2.05, 4.69) is 23.8 Å². The second-order valence-corrected chi connectivity index (χ2v) is 7.76. The molecule has 138 valence electrons. The summed E-state index contributed by atoms with van der Waals surface area (Å²) in [6.45, 7) is 5.12. The molecular formula is C20H30FN3O. The largest absolute Gasteiger partial charge is 0.368 e. The van der Waals surface area contributed by atoms with Crippen LogP contribution in [0, 0.1) is 17.7 Å². The van der Waals surface area contributed by atoms with Crippen LogP contribution >= 0.6 is 0 Å². The van der Waals surface area contributed by atoms with E-state index in [-0.39, 0.29) is 17.8 Å². The number of hydrogen-bond acceptors (Lipinski definition) is 3. The molecule has 1 amide bonds. The Bertz CT molecular complexity index is 591. The number of nitrogens with two attached hydrogens (primary N) is 1. The Morgan fingerprint density at radius 2 is 2.04 bits per heavy atom. The molecule has 0 aromatic heterocycles. The van der Waals surface area contributed by atoms with E-state index in [1.54, 1.807) is 0 Å². The van der Waals surface area contributed by atoms with Gasteiger partial charge in [0.15, 0.2) is 0 Å². The minimum atomic E-state index is -0.200.